The Morgan fingerprint density at radius 1 is 0.969 bits per heavy atom. The van der Waals surface area contributed by atoms with E-state index in [-0.39, 0.29) is 18.0 Å². The Bertz CT molecular complexity index is 1550. The Kier molecular flexibility index (Phi) is 4.99. The molecule has 0 atom stereocenters. The maximum atomic E-state index is 13.1. The fourth-order valence-electron chi connectivity index (χ4n) is 3.86. The van der Waals surface area contributed by atoms with Crippen molar-refractivity contribution in [1.29, 1.82) is 0 Å². The van der Waals surface area contributed by atoms with Crippen LogP contribution in [0.25, 0.3) is 28.1 Å². The molecule has 0 saturated heterocycles. The second-order valence-electron chi connectivity index (χ2n) is 7.56. The SMILES string of the molecule is Cc1ccccc1NC(=O)Cn1c2ccccc2n2c(=O)cc(-c3cccc(Cl)c3)nc12. The molecule has 1 amide bonds. The highest BCUT2D eigenvalue weighted by Gasteiger charge is 2.17. The van der Waals surface area contributed by atoms with Crippen molar-refractivity contribution in [2.75, 3.05) is 5.32 Å². The van der Waals surface area contributed by atoms with Gasteiger partial charge in [-0.15, -0.1) is 0 Å². The molecule has 0 bridgehead atoms. The molecule has 0 unspecified atom stereocenters. The van der Waals surface area contributed by atoms with Crippen LogP contribution in [0.15, 0.2) is 83.7 Å². The number of para-hydroxylation sites is 3. The van der Waals surface area contributed by atoms with Crippen LogP contribution in [-0.4, -0.2) is 19.9 Å². The van der Waals surface area contributed by atoms with Gasteiger partial charge in [0, 0.05) is 22.3 Å². The van der Waals surface area contributed by atoms with Crippen LogP contribution in [0.5, 0.6) is 0 Å². The zero-order valence-electron chi connectivity index (χ0n) is 17.2. The standard InChI is InChI=1S/C25H19ClN4O2/c1-16-7-2-3-10-19(16)27-23(31)15-29-21-11-4-5-12-22(21)30-24(32)14-20(28-25(29)30)17-8-6-9-18(26)13-17/h2-14H,15H2,1H3,(H,27,31). The summed E-state index contributed by atoms with van der Waals surface area (Å²) in [4.78, 5) is 30.8. The van der Waals surface area contributed by atoms with E-state index in [4.69, 9.17) is 16.6 Å². The molecule has 7 heteroatoms. The average Bonchev–Trinajstić information content (AvgIpc) is 3.09. The van der Waals surface area contributed by atoms with E-state index in [1.807, 2.05) is 67.6 Å². The molecule has 0 aliphatic carbocycles. The first-order valence-corrected chi connectivity index (χ1v) is 10.5. The minimum absolute atomic E-state index is 0.0107. The molecule has 0 fully saturated rings. The Labute approximate surface area is 188 Å². The van der Waals surface area contributed by atoms with Crippen LogP contribution in [0, 0.1) is 6.92 Å². The van der Waals surface area contributed by atoms with E-state index in [1.54, 1.807) is 16.7 Å². The van der Waals surface area contributed by atoms with Crippen LogP contribution >= 0.6 is 11.6 Å². The summed E-state index contributed by atoms with van der Waals surface area (Å²) in [5.74, 6) is 0.193. The molecule has 32 heavy (non-hydrogen) atoms. The number of halogens is 1. The van der Waals surface area contributed by atoms with Gasteiger partial charge in [0.25, 0.3) is 5.56 Å². The van der Waals surface area contributed by atoms with Gasteiger partial charge >= 0.3 is 0 Å². The molecule has 6 nitrogen and oxygen atoms in total. The molecule has 0 saturated carbocycles. The summed E-state index contributed by atoms with van der Waals surface area (Å²) in [6.45, 7) is 1.95. The van der Waals surface area contributed by atoms with Gasteiger partial charge in [-0.25, -0.2) is 9.38 Å². The lowest BCUT2D eigenvalue weighted by atomic mass is 10.1. The molecule has 0 radical (unpaired) electrons. The monoisotopic (exact) mass is 442 g/mol. The van der Waals surface area contributed by atoms with E-state index in [9.17, 15) is 9.59 Å². The summed E-state index contributed by atoms with van der Waals surface area (Å²) >= 11 is 6.14. The summed E-state index contributed by atoms with van der Waals surface area (Å²) in [5, 5.41) is 3.51. The van der Waals surface area contributed by atoms with Crippen LogP contribution in [-0.2, 0) is 11.3 Å². The lowest BCUT2D eigenvalue weighted by Gasteiger charge is -2.10. The first-order chi connectivity index (χ1) is 15.5. The molecular formula is C25H19ClN4O2. The number of nitrogens with one attached hydrogen (secondary N) is 1. The zero-order chi connectivity index (χ0) is 22.2. The van der Waals surface area contributed by atoms with Crippen molar-refractivity contribution in [2.24, 2.45) is 0 Å². The largest absolute Gasteiger partial charge is 0.324 e. The topological polar surface area (TPSA) is 68.4 Å². The first-order valence-electron chi connectivity index (χ1n) is 10.1. The number of nitrogens with zero attached hydrogens (tertiary/aromatic N) is 3. The smallest absolute Gasteiger partial charge is 0.260 e. The van der Waals surface area contributed by atoms with Crippen molar-refractivity contribution < 1.29 is 4.79 Å². The number of aryl methyl sites for hydroxylation is 1. The minimum Gasteiger partial charge on any atom is -0.324 e. The Balaban J connectivity index is 1.65. The van der Waals surface area contributed by atoms with Crippen LogP contribution in [0.4, 0.5) is 5.69 Å². The van der Waals surface area contributed by atoms with Gasteiger partial charge in [-0.3, -0.25) is 9.59 Å². The van der Waals surface area contributed by atoms with Gasteiger partial charge in [0.1, 0.15) is 6.54 Å². The fourth-order valence-corrected chi connectivity index (χ4v) is 4.06. The molecule has 5 rings (SSSR count). The lowest BCUT2D eigenvalue weighted by molar-refractivity contribution is -0.116. The van der Waals surface area contributed by atoms with Gasteiger partial charge in [0.15, 0.2) is 0 Å². The number of fused-ring (bicyclic) bond motifs is 3. The van der Waals surface area contributed by atoms with Gasteiger partial charge in [0.05, 0.1) is 16.7 Å². The van der Waals surface area contributed by atoms with E-state index in [0.717, 1.165) is 22.3 Å². The molecule has 0 aliphatic rings. The number of anilines is 1. The quantitative estimate of drug-likeness (QED) is 0.429. The Morgan fingerprint density at radius 3 is 2.50 bits per heavy atom. The van der Waals surface area contributed by atoms with Gasteiger partial charge < -0.3 is 9.88 Å². The molecule has 158 valence electrons. The summed E-state index contributed by atoms with van der Waals surface area (Å²) in [7, 11) is 0. The van der Waals surface area contributed by atoms with Crippen molar-refractivity contribution in [3.63, 3.8) is 0 Å². The number of hydrogen-bond acceptors (Lipinski definition) is 3. The number of carbonyl (C=O) groups is 1. The van der Waals surface area contributed by atoms with Crippen molar-refractivity contribution >= 4 is 40.0 Å². The molecule has 1 N–H and O–H groups in total. The van der Waals surface area contributed by atoms with Crippen molar-refractivity contribution in [3.05, 3.63) is 99.8 Å². The first kappa shape index (κ1) is 20.0. The van der Waals surface area contributed by atoms with E-state index in [0.29, 0.717) is 22.0 Å². The van der Waals surface area contributed by atoms with Crippen LogP contribution in [0.1, 0.15) is 5.56 Å². The summed E-state index contributed by atoms with van der Waals surface area (Å²) in [6, 6.07) is 23.7. The number of rotatable bonds is 4. The minimum atomic E-state index is -0.223. The highest BCUT2D eigenvalue weighted by atomic mass is 35.5. The van der Waals surface area contributed by atoms with Crippen molar-refractivity contribution in [1.82, 2.24) is 14.0 Å². The number of imidazole rings is 1. The van der Waals surface area contributed by atoms with Crippen LogP contribution in [0.3, 0.4) is 0 Å². The average molecular weight is 443 g/mol. The maximum absolute atomic E-state index is 13.1. The number of carbonyl (C=O) groups excluding carboxylic acids is 1. The number of amides is 1. The molecule has 3 aromatic carbocycles. The van der Waals surface area contributed by atoms with E-state index in [1.165, 1.54) is 10.5 Å². The van der Waals surface area contributed by atoms with Crippen LogP contribution < -0.4 is 10.9 Å². The highest BCUT2D eigenvalue weighted by Crippen LogP contribution is 2.24. The molecule has 2 heterocycles. The Morgan fingerprint density at radius 2 is 1.72 bits per heavy atom. The summed E-state index contributed by atoms with van der Waals surface area (Å²) in [5.41, 5.74) is 4.18. The number of hydrogen-bond donors (Lipinski definition) is 1. The molecular weight excluding hydrogens is 424 g/mol. The lowest BCUT2D eigenvalue weighted by Crippen LogP contribution is -2.21. The predicted molar refractivity (Wildman–Crippen MR) is 127 cm³/mol. The van der Waals surface area contributed by atoms with Gasteiger partial charge in [-0.2, -0.15) is 0 Å². The molecule has 5 aromatic rings. The van der Waals surface area contributed by atoms with Gasteiger partial charge in [0.2, 0.25) is 11.7 Å². The number of benzene rings is 3. The van der Waals surface area contributed by atoms with Crippen molar-refractivity contribution in [3.8, 4) is 11.3 Å². The van der Waals surface area contributed by atoms with Crippen molar-refractivity contribution in [2.45, 2.75) is 13.5 Å². The van der Waals surface area contributed by atoms with E-state index >= 15 is 0 Å². The third-order valence-corrected chi connectivity index (χ3v) is 5.63. The van der Waals surface area contributed by atoms with Gasteiger partial charge in [-0.1, -0.05) is 54.1 Å². The van der Waals surface area contributed by atoms with E-state index in [2.05, 4.69) is 5.32 Å². The summed E-state index contributed by atoms with van der Waals surface area (Å²) in [6.07, 6.45) is 0. The predicted octanol–water partition coefficient (Wildman–Crippen LogP) is 4.92. The number of aromatic nitrogens is 3. The highest BCUT2D eigenvalue weighted by molar-refractivity contribution is 6.30. The molecule has 2 aromatic heterocycles. The third kappa shape index (κ3) is 3.55. The summed E-state index contributed by atoms with van der Waals surface area (Å²) < 4.78 is 3.29. The second kappa shape index (κ2) is 7.98. The maximum Gasteiger partial charge on any atom is 0.260 e. The zero-order valence-corrected chi connectivity index (χ0v) is 18.0. The third-order valence-electron chi connectivity index (χ3n) is 5.40. The van der Waals surface area contributed by atoms with Gasteiger partial charge in [-0.05, 0) is 42.8 Å². The molecule has 0 aliphatic heterocycles. The molecule has 0 spiro atoms. The van der Waals surface area contributed by atoms with Crippen LogP contribution in [0.2, 0.25) is 5.02 Å². The Hall–Kier alpha value is -3.90. The normalized spacial score (nSPS) is 11.2. The second-order valence-corrected chi connectivity index (χ2v) is 8.00. The fraction of sp³-hybridized carbons (Fsp3) is 0.0800. The van der Waals surface area contributed by atoms with E-state index < -0.39 is 0 Å².